The lowest BCUT2D eigenvalue weighted by Crippen LogP contribution is -1.88. The van der Waals surface area contributed by atoms with Crippen molar-refractivity contribution in [1.82, 2.24) is 0 Å². The predicted molar refractivity (Wildman–Crippen MR) is 45.5 cm³/mol. The van der Waals surface area contributed by atoms with E-state index in [1.54, 1.807) is 0 Å². The maximum atomic E-state index is 10.6. The van der Waals surface area contributed by atoms with Crippen LogP contribution in [0, 0.1) is 0 Å². The number of benzene rings is 1. The summed E-state index contributed by atoms with van der Waals surface area (Å²) in [6, 6.07) is 7.56. The topological polar surface area (TPSA) is 19.9 Å². The fourth-order valence-corrected chi connectivity index (χ4v) is 1.06. The molecule has 0 unspecified atom stereocenters. The summed E-state index contributed by atoms with van der Waals surface area (Å²) in [6.07, 6.45) is 0. The van der Waals surface area contributed by atoms with E-state index in [9.17, 15) is 5.11 Å². The average Bonchev–Trinajstić information content (AvgIpc) is 2.04. The summed E-state index contributed by atoms with van der Waals surface area (Å²) in [7, 11) is 0. The molecule has 1 rings (SSSR count). The van der Waals surface area contributed by atoms with Gasteiger partial charge in [0.1, 0.15) is 6.61 Å². The van der Waals surface area contributed by atoms with Crippen molar-refractivity contribution >= 4 is 5.57 Å². The van der Waals surface area contributed by atoms with E-state index in [0.29, 0.717) is 0 Å². The molecular formula is C10H11O. The van der Waals surface area contributed by atoms with Crippen LogP contribution in [-0.4, -0.2) is 0 Å². The van der Waals surface area contributed by atoms with Gasteiger partial charge in [0.05, 0.1) is 0 Å². The summed E-state index contributed by atoms with van der Waals surface area (Å²) < 4.78 is 0. The zero-order valence-corrected chi connectivity index (χ0v) is 6.63. The van der Waals surface area contributed by atoms with E-state index in [4.69, 9.17) is 0 Å². The highest BCUT2D eigenvalue weighted by Gasteiger charge is 1.99. The third-order valence-electron chi connectivity index (χ3n) is 1.63. The second-order valence-corrected chi connectivity index (χ2v) is 2.58. The van der Waals surface area contributed by atoms with E-state index < -0.39 is 0 Å². The van der Waals surface area contributed by atoms with Gasteiger partial charge < -0.3 is 0 Å². The minimum atomic E-state index is -0.164. The fraction of sp³-hybridized carbons (Fsp3) is 0.200. The molecule has 0 bridgehead atoms. The second kappa shape index (κ2) is 3.35. The van der Waals surface area contributed by atoms with Crippen LogP contribution in [0.25, 0.3) is 5.57 Å². The lowest BCUT2D eigenvalue weighted by Gasteiger charge is -2.03. The normalized spacial score (nSPS) is 9.64. The Kier molecular flexibility index (Phi) is 2.44. The Morgan fingerprint density at radius 1 is 1.45 bits per heavy atom. The Hall–Kier alpha value is -1.08. The molecule has 0 fully saturated rings. The molecule has 0 N–H and O–H groups in total. The first-order valence-corrected chi connectivity index (χ1v) is 3.57. The standard InChI is InChI=1S/C10H11O/c1-8(2)10-6-4-3-5-9(10)7-11/h3-6H,1,7H2,2H3. The molecule has 1 aromatic carbocycles. The number of allylic oxidation sites excluding steroid dienone is 1. The molecule has 0 spiro atoms. The Labute approximate surface area is 67.0 Å². The second-order valence-electron chi connectivity index (χ2n) is 2.58. The molecule has 0 saturated heterocycles. The van der Waals surface area contributed by atoms with Gasteiger partial charge in [-0.3, -0.25) is 0 Å². The van der Waals surface area contributed by atoms with Crippen molar-refractivity contribution < 1.29 is 5.11 Å². The molecule has 1 aromatic rings. The molecular weight excluding hydrogens is 136 g/mol. The first kappa shape index (κ1) is 8.02. The molecule has 0 aliphatic carbocycles. The van der Waals surface area contributed by atoms with Gasteiger partial charge in [-0.15, -0.1) is 0 Å². The van der Waals surface area contributed by atoms with Crippen molar-refractivity contribution in [3.63, 3.8) is 0 Å². The van der Waals surface area contributed by atoms with Crippen LogP contribution in [0.5, 0.6) is 0 Å². The van der Waals surface area contributed by atoms with Crippen molar-refractivity contribution in [2.45, 2.75) is 13.5 Å². The van der Waals surface area contributed by atoms with Gasteiger partial charge in [0.15, 0.2) is 0 Å². The van der Waals surface area contributed by atoms with Crippen LogP contribution in [0.3, 0.4) is 0 Å². The third-order valence-corrected chi connectivity index (χ3v) is 1.63. The number of hydrogen-bond acceptors (Lipinski definition) is 0. The van der Waals surface area contributed by atoms with Crippen molar-refractivity contribution in [2.24, 2.45) is 0 Å². The van der Waals surface area contributed by atoms with E-state index in [0.717, 1.165) is 16.7 Å². The van der Waals surface area contributed by atoms with Gasteiger partial charge >= 0.3 is 0 Å². The molecule has 0 heterocycles. The molecule has 0 aromatic heterocycles. The Morgan fingerprint density at radius 2 is 2.09 bits per heavy atom. The van der Waals surface area contributed by atoms with Crippen LogP contribution in [0.4, 0.5) is 0 Å². The summed E-state index contributed by atoms with van der Waals surface area (Å²) in [5, 5.41) is 10.6. The zero-order valence-electron chi connectivity index (χ0n) is 6.63. The smallest absolute Gasteiger partial charge is 0.108 e. The molecule has 57 valence electrons. The summed E-state index contributed by atoms with van der Waals surface area (Å²) >= 11 is 0. The fourth-order valence-electron chi connectivity index (χ4n) is 1.06. The average molecular weight is 147 g/mol. The largest absolute Gasteiger partial charge is 0.232 e. The summed E-state index contributed by atoms with van der Waals surface area (Å²) in [5.74, 6) is 0. The van der Waals surface area contributed by atoms with E-state index in [-0.39, 0.29) is 6.61 Å². The Balaban J connectivity index is 3.12. The van der Waals surface area contributed by atoms with Gasteiger partial charge in [0.2, 0.25) is 0 Å². The summed E-state index contributed by atoms with van der Waals surface area (Å²) in [4.78, 5) is 0. The van der Waals surface area contributed by atoms with Gasteiger partial charge in [-0.2, -0.15) is 0 Å². The van der Waals surface area contributed by atoms with Crippen molar-refractivity contribution in [3.8, 4) is 0 Å². The van der Waals surface area contributed by atoms with Crippen molar-refractivity contribution in [1.29, 1.82) is 0 Å². The molecule has 0 atom stereocenters. The highest BCUT2D eigenvalue weighted by molar-refractivity contribution is 5.64. The minimum Gasteiger partial charge on any atom is -0.232 e. The van der Waals surface area contributed by atoms with Crippen molar-refractivity contribution in [3.05, 3.63) is 42.0 Å². The maximum absolute atomic E-state index is 10.6. The van der Waals surface area contributed by atoms with Gasteiger partial charge in [0, 0.05) is 0 Å². The molecule has 1 nitrogen and oxygen atoms in total. The van der Waals surface area contributed by atoms with Crippen LogP contribution < -0.4 is 0 Å². The number of rotatable bonds is 2. The molecule has 1 radical (unpaired) electrons. The molecule has 0 amide bonds. The minimum absolute atomic E-state index is 0.164. The highest BCUT2D eigenvalue weighted by atomic mass is 16.3. The molecule has 0 saturated carbocycles. The van der Waals surface area contributed by atoms with Crippen LogP contribution >= 0.6 is 0 Å². The monoisotopic (exact) mass is 147 g/mol. The van der Waals surface area contributed by atoms with Crippen LogP contribution in [-0.2, 0) is 11.7 Å². The predicted octanol–water partition coefficient (Wildman–Crippen LogP) is 2.65. The maximum Gasteiger partial charge on any atom is 0.108 e. The molecule has 11 heavy (non-hydrogen) atoms. The van der Waals surface area contributed by atoms with E-state index >= 15 is 0 Å². The highest BCUT2D eigenvalue weighted by Crippen LogP contribution is 2.16. The molecule has 0 aliphatic rings. The molecule has 1 heteroatoms. The Bertz CT molecular complexity index is 263. The first-order chi connectivity index (χ1) is 5.25. The van der Waals surface area contributed by atoms with Crippen LogP contribution in [0.15, 0.2) is 30.8 Å². The lowest BCUT2D eigenvalue weighted by molar-refractivity contribution is 0.177. The van der Waals surface area contributed by atoms with E-state index in [1.807, 2.05) is 31.2 Å². The lowest BCUT2D eigenvalue weighted by atomic mass is 10.0. The third kappa shape index (κ3) is 1.69. The number of hydrogen-bond donors (Lipinski definition) is 0. The molecule has 0 aliphatic heterocycles. The summed E-state index contributed by atoms with van der Waals surface area (Å²) in [5.41, 5.74) is 2.78. The van der Waals surface area contributed by atoms with Gasteiger partial charge in [-0.05, 0) is 18.1 Å². The van der Waals surface area contributed by atoms with Crippen molar-refractivity contribution in [2.75, 3.05) is 0 Å². The zero-order chi connectivity index (χ0) is 8.27. The van der Waals surface area contributed by atoms with Gasteiger partial charge in [0.25, 0.3) is 0 Å². The van der Waals surface area contributed by atoms with Crippen LogP contribution in [0.2, 0.25) is 0 Å². The SMILES string of the molecule is C=C(C)c1ccccc1C[O]. The Morgan fingerprint density at radius 3 is 2.55 bits per heavy atom. The summed E-state index contributed by atoms with van der Waals surface area (Å²) in [6.45, 7) is 5.54. The quantitative estimate of drug-likeness (QED) is 0.613. The van der Waals surface area contributed by atoms with E-state index in [1.165, 1.54) is 0 Å². The first-order valence-electron chi connectivity index (χ1n) is 3.57. The van der Waals surface area contributed by atoms with Crippen LogP contribution in [0.1, 0.15) is 18.1 Å². The van der Waals surface area contributed by atoms with Gasteiger partial charge in [-0.25, -0.2) is 5.11 Å². The van der Waals surface area contributed by atoms with Gasteiger partial charge in [-0.1, -0.05) is 36.4 Å². The van der Waals surface area contributed by atoms with E-state index in [2.05, 4.69) is 6.58 Å².